The van der Waals surface area contributed by atoms with Gasteiger partial charge in [-0.3, -0.25) is 14.4 Å². The molecule has 0 unspecified atom stereocenters. The maximum Gasteiger partial charge on any atom is 0.271 e. The molecule has 1 fully saturated rings. The van der Waals surface area contributed by atoms with Crippen LogP contribution in [-0.4, -0.2) is 46.0 Å². The molecular weight excluding hydrogens is 379 g/mol. The molecule has 26 heavy (non-hydrogen) atoms. The Morgan fingerprint density at radius 3 is 2.54 bits per heavy atom. The summed E-state index contributed by atoms with van der Waals surface area (Å²) < 4.78 is 0. The first-order chi connectivity index (χ1) is 12.4. The van der Waals surface area contributed by atoms with E-state index >= 15 is 0 Å². The van der Waals surface area contributed by atoms with E-state index in [0.29, 0.717) is 41.5 Å². The summed E-state index contributed by atoms with van der Waals surface area (Å²) >= 11 is 12.0. The van der Waals surface area contributed by atoms with E-state index < -0.39 is 0 Å². The van der Waals surface area contributed by atoms with Gasteiger partial charge in [0.05, 0.1) is 10.6 Å². The Bertz CT molecular complexity index is 871. The highest BCUT2D eigenvalue weighted by Crippen LogP contribution is 2.23. The minimum Gasteiger partial charge on any atom is -0.348 e. The molecule has 0 radical (unpaired) electrons. The van der Waals surface area contributed by atoms with Crippen LogP contribution in [0, 0.1) is 0 Å². The second kappa shape index (κ2) is 7.88. The molecule has 0 bridgehead atoms. The Morgan fingerprint density at radius 2 is 1.88 bits per heavy atom. The summed E-state index contributed by atoms with van der Waals surface area (Å²) in [7, 11) is 0. The van der Waals surface area contributed by atoms with Crippen molar-refractivity contribution in [1.82, 2.24) is 20.4 Å². The zero-order valence-electron chi connectivity index (χ0n) is 13.7. The number of rotatable bonds is 3. The molecule has 7 nitrogen and oxygen atoms in total. The highest BCUT2D eigenvalue weighted by molar-refractivity contribution is 6.35. The molecule has 3 rings (SSSR count). The third kappa shape index (κ3) is 4.23. The van der Waals surface area contributed by atoms with Crippen LogP contribution in [0.15, 0.2) is 35.1 Å². The molecule has 2 heterocycles. The maximum absolute atomic E-state index is 12.6. The Kier molecular flexibility index (Phi) is 5.58. The fourth-order valence-corrected chi connectivity index (χ4v) is 3.16. The van der Waals surface area contributed by atoms with Gasteiger partial charge in [-0.15, -0.1) is 0 Å². The number of hydrogen-bond donors (Lipinski definition) is 2. The highest BCUT2D eigenvalue weighted by atomic mass is 35.5. The highest BCUT2D eigenvalue weighted by Gasteiger charge is 2.26. The molecule has 0 aliphatic carbocycles. The number of aromatic amines is 1. The van der Waals surface area contributed by atoms with Crippen LogP contribution in [-0.2, 0) is 0 Å². The maximum atomic E-state index is 12.6. The summed E-state index contributed by atoms with van der Waals surface area (Å²) in [5.74, 6) is -0.534. The van der Waals surface area contributed by atoms with Gasteiger partial charge in [0.25, 0.3) is 17.4 Å². The summed E-state index contributed by atoms with van der Waals surface area (Å²) in [6.45, 7) is 0.983. The Labute approximate surface area is 159 Å². The number of nitrogens with one attached hydrogen (secondary N) is 2. The fourth-order valence-electron chi connectivity index (χ4n) is 2.79. The van der Waals surface area contributed by atoms with Crippen molar-refractivity contribution in [2.24, 2.45) is 0 Å². The second-order valence-corrected chi connectivity index (χ2v) is 6.81. The molecule has 1 aliphatic rings. The number of carbonyl (C=O) groups is 2. The molecule has 0 spiro atoms. The summed E-state index contributed by atoms with van der Waals surface area (Å²) in [5, 5.41) is 9.61. The normalized spacial score (nSPS) is 14.9. The number of halogens is 2. The van der Waals surface area contributed by atoms with Crippen molar-refractivity contribution in [3.05, 3.63) is 62.0 Å². The molecule has 1 aliphatic heterocycles. The van der Waals surface area contributed by atoms with Crippen molar-refractivity contribution in [1.29, 1.82) is 0 Å². The van der Waals surface area contributed by atoms with Gasteiger partial charge in [-0.1, -0.05) is 23.2 Å². The number of likely N-dealkylation sites (tertiary alicyclic amines) is 1. The molecule has 1 saturated heterocycles. The summed E-state index contributed by atoms with van der Waals surface area (Å²) in [6.07, 6.45) is 1.22. The molecule has 9 heteroatoms. The molecule has 0 saturated carbocycles. The lowest BCUT2D eigenvalue weighted by Crippen LogP contribution is -2.46. The van der Waals surface area contributed by atoms with Crippen molar-refractivity contribution in [2.45, 2.75) is 18.9 Å². The first-order valence-electron chi connectivity index (χ1n) is 8.05. The quantitative estimate of drug-likeness (QED) is 0.832. The van der Waals surface area contributed by atoms with E-state index in [1.165, 1.54) is 12.1 Å². The number of amides is 2. The van der Waals surface area contributed by atoms with Crippen LogP contribution in [0.3, 0.4) is 0 Å². The van der Waals surface area contributed by atoms with Crippen LogP contribution in [0.25, 0.3) is 0 Å². The topological polar surface area (TPSA) is 95.2 Å². The monoisotopic (exact) mass is 394 g/mol. The van der Waals surface area contributed by atoms with Crippen LogP contribution in [0.4, 0.5) is 0 Å². The average molecular weight is 395 g/mol. The van der Waals surface area contributed by atoms with Gasteiger partial charge in [0.2, 0.25) is 0 Å². The Morgan fingerprint density at radius 1 is 1.15 bits per heavy atom. The van der Waals surface area contributed by atoms with E-state index in [9.17, 15) is 14.4 Å². The first kappa shape index (κ1) is 18.4. The molecule has 2 N–H and O–H groups in total. The molecule has 2 amide bonds. The Hall–Kier alpha value is -2.38. The van der Waals surface area contributed by atoms with E-state index in [0.717, 1.165) is 0 Å². The van der Waals surface area contributed by atoms with Gasteiger partial charge >= 0.3 is 0 Å². The lowest BCUT2D eigenvalue weighted by Gasteiger charge is -2.32. The van der Waals surface area contributed by atoms with Gasteiger partial charge in [-0.25, -0.2) is 5.10 Å². The minimum absolute atomic E-state index is 0.0740. The van der Waals surface area contributed by atoms with E-state index in [1.54, 1.807) is 23.1 Å². The smallest absolute Gasteiger partial charge is 0.271 e. The van der Waals surface area contributed by atoms with Gasteiger partial charge in [0.15, 0.2) is 0 Å². The van der Waals surface area contributed by atoms with Crippen LogP contribution in [0.2, 0.25) is 10.0 Å². The van der Waals surface area contributed by atoms with Crippen molar-refractivity contribution in [3.63, 3.8) is 0 Å². The van der Waals surface area contributed by atoms with Crippen molar-refractivity contribution in [3.8, 4) is 0 Å². The largest absolute Gasteiger partial charge is 0.348 e. The van der Waals surface area contributed by atoms with E-state index in [-0.39, 0.29) is 29.1 Å². The van der Waals surface area contributed by atoms with Gasteiger partial charge in [-0.2, -0.15) is 5.10 Å². The van der Waals surface area contributed by atoms with Crippen molar-refractivity contribution in [2.75, 3.05) is 13.1 Å². The number of benzene rings is 1. The van der Waals surface area contributed by atoms with Crippen LogP contribution < -0.4 is 10.9 Å². The standard InChI is InChI=1S/C17H16Cl2N4O3/c18-10-1-2-13(19)12(9-10)17(26)23-7-5-11(6-8-23)20-16(25)14-3-4-15(24)22-21-14/h1-4,9,11H,5-8H2,(H,20,25)(H,22,24). The van der Waals surface area contributed by atoms with Gasteiger partial charge in [-0.05, 0) is 37.1 Å². The molecule has 2 aromatic rings. The molecule has 1 aromatic heterocycles. The number of aromatic nitrogens is 2. The third-order valence-corrected chi connectivity index (χ3v) is 4.75. The van der Waals surface area contributed by atoms with Gasteiger partial charge in [0, 0.05) is 30.2 Å². The average Bonchev–Trinajstić information content (AvgIpc) is 2.64. The summed E-state index contributed by atoms with van der Waals surface area (Å²) in [4.78, 5) is 37.4. The lowest BCUT2D eigenvalue weighted by molar-refractivity contribution is 0.0698. The second-order valence-electron chi connectivity index (χ2n) is 5.97. The number of hydrogen-bond acceptors (Lipinski definition) is 4. The molecule has 1 aromatic carbocycles. The van der Waals surface area contributed by atoms with Crippen LogP contribution >= 0.6 is 23.2 Å². The zero-order chi connectivity index (χ0) is 18.7. The zero-order valence-corrected chi connectivity index (χ0v) is 15.2. The number of carbonyl (C=O) groups excluding carboxylic acids is 2. The lowest BCUT2D eigenvalue weighted by atomic mass is 10.0. The SMILES string of the molecule is O=C(NC1CCN(C(=O)c2cc(Cl)ccc2Cl)CC1)c1ccc(=O)[nH]n1. The summed E-state index contributed by atoms with van der Waals surface area (Å²) in [5.41, 5.74) is 0.154. The molecule has 0 atom stereocenters. The number of piperidine rings is 1. The van der Waals surface area contributed by atoms with E-state index in [2.05, 4.69) is 15.5 Å². The predicted octanol–water partition coefficient (Wildman–Crippen LogP) is 2.11. The van der Waals surface area contributed by atoms with Gasteiger partial charge in [0.1, 0.15) is 5.69 Å². The van der Waals surface area contributed by atoms with E-state index in [4.69, 9.17) is 23.2 Å². The first-order valence-corrected chi connectivity index (χ1v) is 8.80. The van der Waals surface area contributed by atoms with Crippen molar-refractivity contribution < 1.29 is 9.59 Å². The third-order valence-electron chi connectivity index (χ3n) is 4.19. The Balaban J connectivity index is 1.58. The van der Waals surface area contributed by atoms with E-state index in [1.807, 2.05) is 0 Å². The van der Waals surface area contributed by atoms with Crippen LogP contribution in [0.5, 0.6) is 0 Å². The molecular formula is C17H16Cl2N4O3. The predicted molar refractivity (Wildman–Crippen MR) is 97.7 cm³/mol. The minimum atomic E-state index is -0.368. The summed E-state index contributed by atoms with van der Waals surface area (Å²) in [6, 6.07) is 7.33. The fraction of sp³-hybridized carbons (Fsp3) is 0.294. The molecule has 136 valence electrons. The van der Waals surface area contributed by atoms with Crippen molar-refractivity contribution >= 4 is 35.0 Å². The van der Waals surface area contributed by atoms with Crippen LogP contribution in [0.1, 0.15) is 33.7 Å². The number of H-pyrrole nitrogens is 1. The number of nitrogens with zero attached hydrogens (tertiary/aromatic N) is 2. The van der Waals surface area contributed by atoms with Gasteiger partial charge < -0.3 is 10.2 Å².